The van der Waals surface area contributed by atoms with Gasteiger partial charge >= 0.3 is 0 Å². The zero-order valence-electron chi connectivity index (χ0n) is 22.5. The highest BCUT2D eigenvalue weighted by Crippen LogP contribution is 2.45. The molecule has 0 bridgehead atoms. The lowest BCUT2D eigenvalue weighted by Gasteiger charge is -2.23. The summed E-state index contributed by atoms with van der Waals surface area (Å²) in [6, 6.07) is 3.36. The Balaban J connectivity index is 1.40. The summed E-state index contributed by atoms with van der Waals surface area (Å²) in [5.41, 5.74) is 2.19. The molecule has 1 unspecified atom stereocenters. The highest BCUT2D eigenvalue weighted by molar-refractivity contribution is 6.30. The summed E-state index contributed by atoms with van der Waals surface area (Å²) in [4.78, 5) is 57.6. The van der Waals surface area contributed by atoms with Gasteiger partial charge in [-0.1, -0.05) is 24.9 Å². The average Bonchev–Trinajstić information content (AvgIpc) is 3.67. The van der Waals surface area contributed by atoms with Crippen molar-refractivity contribution in [1.82, 2.24) is 44.5 Å². The largest absolute Gasteiger partial charge is 0.310 e. The number of aromatic nitrogens is 9. The Morgan fingerprint density at radius 2 is 1.93 bits per heavy atom. The molecule has 7 rings (SSSR count). The third kappa shape index (κ3) is 4.18. The van der Waals surface area contributed by atoms with Crippen LogP contribution in [-0.4, -0.2) is 56.3 Å². The van der Waals surface area contributed by atoms with Crippen molar-refractivity contribution in [2.24, 2.45) is 0 Å². The van der Waals surface area contributed by atoms with Crippen molar-refractivity contribution in [3.63, 3.8) is 0 Å². The molecule has 42 heavy (non-hydrogen) atoms. The molecule has 2 amide bonds. The van der Waals surface area contributed by atoms with Crippen molar-refractivity contribution in [1.29, 1.82) is 0 Å². The van der Waals surface area contributed by atoms with E-state index in [1.54, 1.807) is 36.0 Å². The molecule has 0 aliphatic carbocycles. The smallest absolute Gasteiger partial charge is 0.242 e. The number of rotatable bonds is 7. The fourth-order valence-electron chi connectivity index (χ4n) is 5.16. The van der Waals surface area contributed by atoms with Gasteiger partial charge in [-0.25, -0.2) is 29.4 Å². The number of nitrogens with one attached hydrogen (secondary N) is 3. The lowest BCUT2D eigenvalue weighted by atomic mass is 9.80. The van der Waals surface area contributed by atoms with Gasteiger partial charge in [0.15, 0.2) is 11.5 Å². The number of hydrogen-bond donors (Lipinski definition) is 3. The molecule has 210 valence electrons. The highest BCUT2D eigenvalue weighted by atomic mass is 35.5. The molecule has 15 heteroatoms. The SMILES string of the molecule is CCCCc1nc(-c2nc3c(c(Nc4ncc5c(n4)NC(=O)C5)n2)C(C)(c2ccc(Cl)cn2)C(=O)N3)cn2ncnc12. The predicted molar refractivity (Wildman–Crippen MR) is 152 cm³/mol. The number of amides is 2. The van der Waals surface area contributed by atoms with Crippen molar-refractivity contribution in [2.75, 3.05) is 16.0 Å². The third-order valence-electron chi connectivity index (χ3n) is 7.37. The van der Waals surface area contributed by atoms with E-state index < -0.39 is 5.41 Å². The van der Waals surface area contributed by atoms with Gasteiger partial charge < -0.3 is 16.0 Å². The van der Waals surface area contributed by atoms with Gasteiger partial charge in [0.2, 0.25) is 17.8 Å². The number of carbonyl (C=O) groups excluding carboxylic acids is 2. The topological polar surface area (TPSA) is 178 Å². The van der Waals surface area contributed by atoms with Crippen LogP contribution in [0.25, 0.3) is 17.2 Å². The number of nitrogens with zero attached hydrogens (tertiary/aromatic N) is 9. The van der Waals surface area contributed by atoms with Crippen LogP contribution in [0, 0.1) is 0 Å². The monoisotopic (exact) mass is 582 g/mol. The van der Waals surface area contributed by atoms with E-state index in [1.165, 1.54) is 12.5 Å². The fourth-order valence-corrected chi connectivity index (χ4v) is 5.27. The molecular weight excluding hydrogens is 560 g/mol. The Bertz CT molecular complexity index is 1910. The maximum atomic E-state index is 13.6. The number of hydrogen-bond acceptors (Lipinski definition) is 11. The number of aryl methyl sites for hydroxylation is 1. The van der Waals surface area contributed by atoms with E-state index in [0.717, 1.165) is 18.5 Å². The van der Waals surface area contributed by atoms with Crippen LogP contribution in [0.5, 0.6) is 0 Å². The Hall–Kier alpha value is -5.11. The van der Waals surface area contributed by atoms with Crippen molar-refractivity contribution >= 4 is 52.5 Å². The number of unbranched alkanes of at least 4 members (excludes halogenated alkanes) is 1. The van der Waals surface area contributed by atoms with Crippen LogP contribution in [0.4, 0.5) is 23.4 Å². The number of pyridine rings is 1. The van der Waals surface area contributed by atoms with Crippen molar-refractivity contribution in [2.45, 2.75) is 44.9 Å². The summed E-state index contributed by atoms with van der Waals surface area (Å²) in [6.45, 7) is 3.85. The number of carbonyl (C=O) groups is 2. The molecule has 2 aliphatic heterocycles. The quantitative estimate of drug-likeness (QED) is 0.256. The number of anilines is 4. The number of fused-ring (bicyclic) bond motifs is 3. The lowest BCUT2D eigenvalue weighted by molar-refractivity contribution is -0.119. The van der Waals surface area contributed by atoms with E-state index in [4.69, 9.17) is 26.6 Å². The van der Waals surface area contributed by atoms with Crippen LogP contribution in [0.15, 0.2) is 37.1 Å². The van der Waals surface area contributed by atoms with Crippen LogP contribution in [-0.2, 0) is 27.8 Å². The Kier molecular flexibility index (Phi) is 6.01. The van der Waals surface area contributed by atoms with E-state index in [9.17, 15) is 9.59 Å². The first-order valence-corrected chi connectivity index (χ1v) is 13.7. The summed E-state index contributed by atoms with van der Waals surface area (Å²) >= 11 is 6.10. The van der Waals surface area contributed by atoms with Gasteiger partial charge in [-0.15, -0.1) is 0 Å². The van der Waals surface area contributed by atoms with Gasteiger partial charge in [0.05, 0.1) is 34.6 Å². The van der Waals surface area contributed by atoms with Crippen molar-refractivity contribution in [3.05, 3.63) is 64.6 Å². The molecule has 2 aliphatic rings. The highest BCUT2D eigenvalue weighted by Gasteiger charge is 2.49. The van der Waals surface area contributed by atoms with E-state index >= 15 is 0 Å². The van der Waals surface area contributed by atoms with Crippen molar-refractivity contribution in [3.8, 4) is 11.5 Å². The summed E-state index contributed by atoms with van der Waals surface area (Å²) in [7, 11) is 0. The van der Waals surface area contributed by atoms with Gasteiger partial charge in [-0.2, -0.15) is 10.1 Å². The van der Waals surface area contributed by atoms with Crippen LogP contribution < -0.4 is 16.0 Å². The molecule has 7 heterocycles. The molecule has 0 aromatic carbocycles. The Morgan fingerprint density at radius 1 is 1.05 bits per heavy atom. The minimum atomic E-state index is -1.28. The second-order valence-corrected chi connectivity index (χ2v) is 10.6. The van der Waals surface area contributed by atoms with Crippen LogP contribution in [0.2, 0.25) is 5.02 Å². The van der Waals surface area contributed by atoms with Gasteiger partial charge in [-0.05, 0) is 31.9 Å². The van der Waals surface area contributed by atoms with E-state index in [0.29, 0.717) is 45.4 Å². The van der Waals surface area contributed by atoms with Gasteiger partial charge in [-0.3, -0.25) is 14.6 Å². The van der Waals surface area contributed by atoms with Gasteiger partial charge in [0, 0.05) is 18.0 Å². The first-order chi connectivity index (χ1) is 20.3. The second-order valence-electron chi connectivity index (χ2n) is 10.2. The van der Waals surface area contributed by atoms with E-state index in [-0.39, 0.29) is 41.6 Å². The molecule has 14 nitrogen and oxygen atoms in total. The first kappa shape index (κ1) is 25.8. The van der Waals surface area contributed by atoms with E-state index in [2.05, 4.69) is 47.9 Å². The predicted octanol–water partition coefficient (Wildman–Crippen LogP) is 3.26. The maximum Gasteiger partial charge on any atom is 0.242 e. The van der Waals surface area contributed by atoms with Crippen LogP contribution >= 0.6 is 11.6 Å². The number of halogens is 1. The molecule has 5 aromatic rings. The maximum absolute atomic E-state index is 13.6. The molecule has 0 fully saturated rings. The summed E-state index contributed by atoms with van der Waals surface area (Å²) in [6.07, 6.45) is 9.05. The minimum Gasteiger partial charge on any atom is -0.310 e. The van der Waals surface area contributed by atoms with Crippen LogP contribution in [0.1, 0.15) is 49.2 Å². The minimum absolute atomic E-state index is 0.161. The van der Waals surface area contributed by atoms with E-state index in [1.807, 2.05) is 0 Å². The molecule has 1 atom stereocenters. The zero-order valence-corrected chi connectivity index (χ0v) is 23.3. The standard InChI is InChI=1S/C27H23ClN12O2/c1-3-4-5-15-24-31-12-32-40(24)11-16(33-15)21-35-22-19(27(2,25(42)37-22)17-7-6-14(28)10-29-17)23(36-21)39-26-30-9-13-8-18(41)34-20(13)38-26/h6-7,9-12H,3-5,8H2,1-2H3,(H3,30,34,35,36,37,38,39,41,42). The molecular formula is C27H23ClN12O2. The normalized spacial score (nSPS) is 17.2. The molecule has 0 spiro atoms. The van der Waals surface area contributed by atoms with Crippen LogP contribution in [0.3, 0.4) is 0 Å². The fraction of sp³-hybridized carbons (Fsp3) is 0.259. The molecule has 5 aromatic heterocycles. The first-order valence-electron chi connectivity index (χ1n) is 13.3. The van der Waals surface area contributed by atoms with Gasteiger partial charge in [0.1, 0.15) is 34.9 Å². The molecule has 3 N–H and O–H groups in total. The average molecular weight is 583 g/mol. The molecule has 0 saturated carbocycles. The summed E-state index contributed by atoms with van der Waals surface area (Å²) in [5, 5.41) is 13.5. The molecule has 0 saturated heterocycles. The second kappa shape index (κ2) is 9.76. The summed E-state index contributed by atoms with van der Waals surface area (Å²) < 4.78 is 1.64. The molecule has 0 radical (unpaired) electrons. The van der Waals surface area contributed by atoms with Crippen molar-refractivity contribution < 1.29 is 9.59 Å². The summed E-state index contributed by atoms with van der Waals surface area (Å²) in [5.74, 6) is 0.896. The Labute approximate surface area is 243 Å². The van der Waals surface area contributed by atoms with Gasteiger partial charge in [0.25, 0.3) is 0 Å². The zero-order chi connectivity index (χ0) is 29.0. The lowest BCUT2D eigenvalue weighted by Crippen LogP contribution is -2.33. The third-order valence-corrected chi connectivity index (χ3v) is 7.59. The Morgan fingerprint density at radius 3 is 2.74 bits per heavy atom.